The van der Waals surface area contributed by atoms with Crippen molar-refractivity contribution in [2.24, 2.45) is 5.73 Å². The molecular formula is C25H33FN4O4. The quantitative estimate of drug-likeness (QED) is 0.457. The van der Waals surface area contributed by atoms with Gasteiger partial charge in [0.1, 0.15) is 23.4 Å². The number of halogens is 1. The standard InChI is InChI=1S/C25H33FN4O4/c1-2-33-16-15-29-11-13-30(14-12-29)18-24(31)28-23(25(27)32)17-19-3-7-21(8-4-19)34-22-9-5-20(26)6-10-22/h3-10,23H,2,11-18H2,1H3,(H2,27,32)(H,28,31). The number of nitrogens with one attached hydrogen (secondary N) is 1. The molecule has 0 aliphatic carbocycles. The van der Waals surface area contributed by atoms with Crippen LogP contribution < -0.4 is 15.8 Å². The van der Waals surface area contributed by atoms with E-state index in [1.165, 1.54) is 12.1 Å². The molecule has 3 N–H and O–H groups in total. The maximum Gasteiger partial charge on any atom is 0.240 e. The highest BCUT2D eigenvalue weighted by atomic mass is 19.1. The van der Waals surface area contributed by atoms with Gasteiger partial charge < -0.3 is 20.5 Å². The number of nitrogens with zero attached hydrogens (tertiary/aromatic N) is 2. The molecular weight excluding hydrogens is 439 g/mol. The first-order valence-electron chi connectivity index (χ1n) is 11.6. The molecule has 8 nitrogen and oxygen atoms in total. The van der Waals surface area contributed by atoms with Crippen molar-refractivity contribution >= 4 is 11.8 Å². The second kappa shape index (κ2) is 13.0. The van der Waals surface area contributed by atoms with E-state index in [0.717, 1.165) is 51.5 Å². The van der Waals surface area contributed by atoms with Gasteiger partial charge in [-0.05, 0) is 48.9 Å². The van der Waals surface area contributed by atoms with Gasteiger partial charge in [-0.1, -0.05) is 12.1 Å². The molecule has 2 aromatic rings. The molecule has 0 bridgehead atoms. The number of hydrogen-bond donors (Lipinski definition) is 2. The van der Waals surface area contributed by atoms with Crippen molar-refractivity contribution < 1.29 is 23.5 Å². The highest BCUT2D eigenvalue weighted by Crippen LogP contribution is 2.22. The van der Waals surface area contributed by atoms with Crippen LogP contribution in [0, 0.1) is 5.82 Å². The first kappa shape index (κ1) is 25.6. The highest BCUT2D eigenvalue weighted by molar-refractivity contribution is 5.87. The highest BCUT2D eigenvalue weighted by Gasteiger charge is 2.22. The van der Waals surface area contributed by atoms with Gasteiger partial charge >= 0.3 is 0 Å². The normalized spacial score (nSPS) is 15.6. The van der Waals surface area contributed by atoms with Gasteiger partial charge in [-0.25, -0.2) is 4.39 Å². The van der Waals surface area contributed by atoms with E-state index in [2.05, 4.69) is 15.1 Å². The Morgan fingerprint density at radius 2 is 1.59 bits per heavy atom. The maximum atomic E-state index is 13.0. The molecule has 184 valence electrons. The van der Waals surface area contributed by atoms with Crippen LogP contribution in [0.25, 0.3) is 0 Å². The fraction of sp³-hybridized carbons (Fsp3) is 0.440. The number of primary amides is 1. The fourth-order valence-corrected chi connectivity index (χ4v) is 3.74. The molecule has 2 amide bonds. The van der Waals surface area contributed by atoms with Crippen LogP contribution in [-0.4, -0.2) is 80.1 Å². The van der Waals surface area contributed by atoms with E-state index in [0.29, 0.717) is 11.5 Å². The summed E-state index contributed by atoms with van der Waals surface area (Å²) in [4.78, 5) is 28.9. The molecule has 2 aromatic carbocycles. The molecule has 1 unspecified atom stereocenters. The van der Waals surface area contributed by atoms with E-state index in [1.54, 1.807) is 24.3 Å². The Morgan fingerprint density at radius 3 is 2.18 bits per heavy atom. The smallest absolute Gasteiger partial charge is 0.240 e. The van der Waals surface area contributed by atoms with Crippen molar-refractivity contribution in [3.63, 3.8) is 0 Å². The summed E-state index contributed by atoms with van der Waals surface area (Å²) in [5.74, 6) is -0.0347. The number of piperazine rings is 1. The summed E-state index contributed by atoms with van der Waals surface area (Å²) in [5, 5.41) is 2.77. The van der Waals surface area contributed by atoms with Gasteiger partial charge in [0.25, 0.3) is 0 Å². The van der Waals surface area contributed by atoms with Crippen molar-refractivity contribution in [1.82, 2.24) is 15.1 Å². The van der Waals surface area contributed by atoms with E-state index in [4.69, 9.17) is 15.2 Å². The number of ether oxygens (including phenoxy) is 2. The van der Waals surface area contributed by atoms with Gasteiger partial charge in [-0.3, -0.25) is 19.4 Å². The number of rotatable bonds is 12. The third kappa shape index (κ3) is 8.40. The van der Waals surface area contributed by atoms with E-state index >= 15 is 0 Å². The summed E-state index contributed by atoms with van der Waals surface area (Å²) in [6.45, 7) is 7.88. The van der Waals surface area contributed by atoms with Crippen LogP contribution in [0.5, 0.6) is 11.5 Å². The third-order valence-electron chi connectivity index (χ3n) is 5.68. The number of amides is 2. The summed E-state index contributed by atoms with van der Waals surface area (Å²) in [5.41, 5.74) is 6.38. The molecule has 0 radical (unpaired) electrons. The van der Waals surface area contributed by atoms with E-state index < -0.39 is 11.9 Å². The number of hydrogen-bond acceptors (Lipinski definition) is 6. The van der Waals surface area contributed by atoms with Crippen LogP contribution in [-0.2, 0) is 20.7 Å². The van der Waals surface area contributed by atoms with Crippen LogP contribution >= 0.6 is 0 Å². The van der Waals surface area contributed by atoms with Crippen molar-refractivity contribution in [2.45, 2.75) is 19.4 Å². The Hall–Kier alpha value is -3.01. The lowest BCUT2D eigenvalue weighted by Gasteiger charge is -2.34. The number of carbonyl (C=O) groups excluding carboxylic acids is 2. The molecule has 1 heterocycles. The molecule has 1 fully saturated rings. The zero-order valence-corrected chi connectivity index (χ0v) is 19.5. The first-order chi connectivity index (χ1) is 16.4. The molecule has 0 aromatic heterocycles. The summed E-state index contributed by atoms with van der Waals surface area (Å²) >= 11 is 0. The molecule has 34 heavy (non-hydrogen) atoms. The molecule has 9 heteroatoms. The zero-order valence-electron chi connectivity index (χ0n) is 19.5. The monoisotopic (exact) mass is 472 g/mol. The topological polar surface area (TPSA) is 97.1 Å². The van der Waals surface area contributed by atoms with Gasteiger partial charge in [0, 0.05) is 45.8 Å². The van der Waals surface area contributed by atoms with Crippen LogP contribution in [0.4, 0.5) is 4.39 Å². The van der Waals surface area contributed by atoms with Gasteiger partial charge in [-0.15, -0.1) is 0 Å². The van der Waals surface area contributed by atoms with Crippen LogP contribution in [0.3, 0.4) is 0 Å². The number of nitrogens with two attached hydrogens (primary N) is 1. The van der Waals surface area contributed by atoms with Crippen molar-refractivity contribution in [3.8, 4) is 11.5 Å². The van der Waals surface area contributed by atoms with E-state index in [-0.39, 0.29) is 24.7 Å². The lowest BCUT2D eigenvalue weighted by Crippen LogP contribution is -2.53. The largest absolute Gasteiger partial charge is 0.457 e. The predicted octanol–water partition coefficient (Wildman–Crippen LogP) is 1.78. The lowest BCUT2D eigenvalue weighted by molar-refractivity contribution is -0.128. The van der Waals surface area contributed by atoms with Gasteiger partial charge in [0.15, 0.2) is 0 Å². The SMILES string of the molecule is CCOCCN1CCN(CC(=O)NC(Cc2ccc(Oc3ccc(F)cc3)cc2)C(N)=O)CC1. The van der Waals surface area contributed by atoms with Crippen molar-refractivity contribution in [2.75, 3.05) is 52.5 Å². The van der Waals surface area contributed by atoms with Crippen molar-refractivity contribution in [3.05, 3.63) is 59.9 Å². The molecule has 1 aliphatic heterocycles. The minimum Gasteiger partial charge on any atom is -0.457 e. The molecule has 1 aliphatic rings. The summed E-state index contributed by atoms with van der Waals surface area (Å²) < 4.78 is 24.1. The van der Waals surface area contributed by atoms with E-state index in [9.17, 15) is 14.0 Å². The maximum absolute atomic E-state index is 13.0. The summed E-state index contributed by atoms with van der Waals surface area (Å²) in [6.07, 6.45) is 0.281. The van der Waals surface area contributed by atoms with Gasteiger partial charge in [0.05, 0.1) is 13.2 Å². The van der Waals surface area contributed by atoms with Gasteiger partial charge in [0.2, 0.25) is 11.8 Å². The minimum atomic E-state index is -0.802. The predicted molar refractivity (Wildman–Crippen MR) is 127 cm³/mol. The minimum absolute atomic E-state index is 0.220. The number of carbonyl (C=O) groups is 2. The fourth-order valence-electron chi connectivity index (χ4n) is 3.74. The number of benzene rings is 2. The molecule has 0 saturated carbocycles. The Kier molecular flexibility index (Phi) is 9.81. The average molecular weight is 473 g/mol. The molecule has 1 saturated heterocycles. The Balaban J connectivity index is 1.45. The second-order valence-electron chi connectivity index (χ2n) is 8.24. The van der Waals surface area contributed by atoms with E-state index in [1.807, 2.05) is 19.1 Å². The molecule has 0 spiro atoms. The third-order valence-corrected chi connectivity index (χ3v) is 5.68. The Bertz CT molecular complexity index is 916. The summed E-state index contributed by atoms with van der Waals surface area (Å²) in [6, 6.07) is 12.1. The van der Waals surface area contributed by atoms with Gasteiger partial charge in [-0.2, -0.15) is 0 Å². The second-order valence-corrected chi connectivity index (χ2v) is 8.24. The Morgan fingerprint density at radius 1 is 1.00 bits per heavy atom. The van der Waals surface area contributed by atoms with Crippen LogP contribution in [0.1, 0.15) is 12.5 Å². The first-order valence-corrected chi connectivity index (χ1v) is 11.6. The van der Waals surface area contributed by atoms with Crippen LogP contribution in [0.15, 0.2) is 48.5 Å². The van der Waals surface area contributed by atoms with Crippen molar-refractivity contribution in [1.29, 1.82) is 0 Å². The Labute approximate surface area is 199 Å². The molecule has 3 rings (SSSR count). The lowest BCUT2D eigenvalue weighted by atomic mass is 10.1. The average Bonchev–Trinajstić information content (AvgIpc) is 2.82. The molecule has 1 atom stereocenters. The van der Waals surface area contributed by atoms with Crippen LogP contribution in [0.2, 0.25) is 0 Å². The summed E-state index contributed by atoms with van der Waals surface area (Å²) in [7, 11) is 0. The zero-order chi connectivity index (χ0) is 24.3.